The molecule has 1 fully saturated rings. The lowest BCUT2D eigenvalue weighted by molar-refractivity contribution is -0.122. The highest BCUT2D eigenvalue weighted by molar-refractivity contribution is 8.24. The standard InChI is InChI=1S/C21H26N2O4S/c1-21(2,3)23-20(24)18(22-14-15-27-17-12-8-5-9-13-17)19(28(23,25)26)16-10-6-4-7-11-16/h4-13,19,25-26H,14-15H2,1-3H3. The van der Waals surface area contributed by atoms with Crippen LogP contribution in [0.4, 0.5) is 0 Å². The fraction of sp³-hybridized carbons (Fsp3) is 0.333. The Morgan fingerprint density at radius 2 is 1.61 bits per heavy atom. The Kier molecular flexibility index (Phi) is 5.79. The molecule has 1 saturated heterocycles. The number of carbonyl (C=O) groups is 1. The van der Waals surface area contributed by atoms with Crippen LogP contribution in [0.15, 0.2) is 65.7 Å². The predicted octanol–water partition coefficient (Wildman–Crippen LogP) is 4.55. The van der Waals surface area contributed by atoms with Crippen molar-refractivity contribution in [2.45, 2.75) is 31.6 Å². The van der Waals surface area contributed by atoms with Gasteiger partial charge in [0.15, 0.2) is 0 Å². The summed E-state index contributed by atoms with van der Waals surface area (Å²) in [5, 5.41) is -0.878. The monoisotopic (exact) mass is 402 g/mol. The van der Waals surface area contributed by atoms with Crippen molar-refractivity contribution in [1.29, 1.82) is 0 Å². The minimum atomic E-state index is -3.41. The van der Waals surface area contributed by atoms with Gasteiger partial charge in [0, 0.05) is 0 Å². The number of aliphatic imine (C=N–C) groups is 1. The van der Waals surface area contributed by atoms with Crippen LogP contribution in [0.3, 0.4) is 0 Å². The summed E-state index contributed by atoms with van der Waals surface area (Å²) < 4.78 is 28.8. The van der Waals surface area contributed by atoms with Crippen molar-refractivity contribution >= 4 is 22.4 Å². The van der Waals surface area contributed by atoms with Crippen molar-refractivity contribution in [3.63, 3.8) is 0 Å². The molecule has 150 valence electrons. The van der Waals surface area contributed by atoms with E-state index in [1.54, 1.807) is 32.9 Å². The molecule has 0 saturated carbocycles. The topological polar surface area (TPSA) is 82.4 Å². The summed E-state index contributed by atoms with van der Waals surface area (Å²) in [6.07, 6.45) is 0. The summed E-state index contributed by atoms with van der Waals surface area (Å²) in [4.78, 5) is 17.5. The van der Waals surface area contributed by atoms with Crippen LogP contribution in [0.2, 0.25) is 0 Å². The van der Waals surface area contributed by atoms with E-state index in [1.807, 2.05) is 48.5 Å². The maximum absolute atomic E-state index is 13.1. The van der Waals surface area contributed by atoms with E-state index in [1.165, 1.54) is 4.31 Å². The lowest BCUT2D eigenvalue weighted by Crippen LogP contribution is -2.43. The zero-order valence-electron chi connectivity index (χ0n) is 16.3. The molecular formula is C21H26N2O4S. The number of amides is 1. The number of hydrogen-bond donors (Lipinski definition) is 2. The second kappa shape index (κ2) is 7.95. The third-order valence-electron chi connectivity index (χ3n) is 4.33. The number of hydrogen-bond acceptors (Lipinski definition) is 5. The average Bonchev–Trinajstić information content (AvgIpc) is 2.85. The fourth-order valence-corrected chi connectivity index (χ4v) is 5.62. The molecule has 3 rings (SSSR count). The van der Waals surface area contributed by atoms with E-state index in [2.05, 4.69) is 4.99 Å². The molecule has 0 aliphatic carbocycles. The number of rotatable bonds is 5. The molecule has 0 spiro atoms. The van der Waals surface area contributed by atoms with Gasteiger partial charge in [-0.25, -0.2) is 4.31 Å². The Morgan fingerprint density at radius 3 is 2.18 bits per heavy atom. The van der Waals surface area contributed by atoms with Crippen molar-refractivity contribution in [3.8, 4) is 5.75 Å². The fourth-order valence-electron chi connectivity index (χ4n) is 3.27. The molecular weight excluding hydrogens is 376 g/mol. The Morgan fingerprint density at radius 1 is 1.04 bits per heavy atom. The van der Waals surface area contributed by atoms with Crippen LogP contribution in [0.1, 0.15) is 31.6 Å². The highest BCUT2D eigenvalue weighted by Gasteiger charge is 2.54. The van der Waals surface area contributed by atoms with Gasteiger partial charge < -0.3 is 4.74 Å². The van der Waals surface area contributed by atoms with Crippen LogP contribution < -0.4 is 4.74 Å². The van der Waals surface area contributed by atoms with E-state index in [9.17, 15) is 13.9 Å². The lowest BCUT2D eigenvalue weighted by Gasteiger charge is -2.46. The minimum absolute atomic E-state index is 0.165. The Hall–Kier alpha value is -2.35. The van der Waals surface area contributed by atoms with Gasteiger partial charge in [0.2, 0.25) is 0 Å². The molecule has 0 radical (unpaired) electrons. The third kappa shape index (κ3) is 4.06. The number of nitrogens with zero attached hydrogens (tertiary/aromatic N) is 2. The van der Waals surface area contributed by atoms with Gasteiger partial charge >= 0.3 is 0 Å². The molecule has 6 nitrogen and oxygen atoms in total. The predicted molar refractivity (Wildman–Crippen MR) is 113 cm³/mol. The molecule has 2 aromatic carbocycles. The number of para-hydroxylation sites is 1. The van der Waals surface area contributed by atoms with E-state index in [0.717, 1.165) is 5.75 Å². The number of ether oxygens (including phenoxy) is 1. The molecule has 7 heteroatoms. The largest absolute Gasteiger partial charge is 0.492 e. The first kappa shape index (κ1) is 20.4. The molecule has 0 bridgehead atoms. The van der Waals surface area contributed by atoms with Crippen LogP contribution in [0.5, 0.6) is 5.75 Å². The zero-order chi connectivity index (χ0) is 20.4. The lowest BCUT2D eigenvalue weighted by atomic mass is 10.1. The molecule has 0 aromatic heterocycles. The molecule has 1 aliphatic rings. The summed E-state index contributed by atoms with van der Waals surface area (Å²) in [7, 11) is -3.41. The van der Waals surface area contributed by atoms with E-state index in [-0.39, 0.29) is 18.9 Å². The molecule has 2 aromatic rings. The van der Waals surface area contributed by atoms with E-state index in [0.29, 0.717) is 5.56 Å². The smallest absolute Gasteiger partial charge is 0.288 e. The summed E-state index contributed by atoms with van der Waals surface area (Å²) >= 11 is 0. The summed E-state index contributed by atoms with van der Waals surface area (Å²) in [5.41, 5.74) is 0.0731. The van der Waals surface area contributed by atoms with Crippen molar-refractivity contribution < 1.29 is 18.6 Å². The van der Waals surface area contributed by atoms with Gasteiger partial charge in [-0.1, -0.05) is 48.5 Å². The first-order valence-electron chi connectivity index (χ1n) is 9.12. The molecule has 1 atom stereocenters. The summed E-state index contributed by atoms with van der Waals surface area (Å²) in [5.74, 6) is 0.279. The highest BCUT2D eigenvalue weighted by Crippen LogP contribution is 2.64. The van der Waals surface area contributed by atoms with Crippen molar-refractivity contribution in [2.24, 2.45) is 4.99 Å². The second-order valence-electron chi connectivity index (χ2n) is 7.55. The quantitative estimate of drug-likeness (QED) is 0.719. The summed E-state index contributed by atoms with van der Waals surface area (Å²) in [6.45, 7) is 5.87. The van der Waals surface area contributed by atoms with Gasteiger partial charge in [0.25, 0.3) is 5.91 Å². The van der Waals surface area contributed by atoms with Gasteiger partial charge in [-0.05, 0) is 38.5 Å². The van der Waals surface area contributed by atoms with Gasteiger partial charge in [-0.2, -0.15) is 0 Å². The SMILES string of the molecule is CC(C)(C)N1C(=O)C(=NCCOc2ccccc2)C(c2ccccc2)S1(O)O. The van der Waals surface area contributed by atoms with Crippen LogP contribution >= 0.6 is 10.8 Å². The zero-order valence-corrected chi connectivity index (χ0v) is 17.1. The van der Waals surface area contributed by atoms with Crippen LogP contribution in [-0.4, -0.2) is 43.7 Å². The normalized spacial score (nSPS) is 21.8. The van der Waals surface area contributed by atoms with E-state index >= 15 is 0 Å². The Bertz CT molecular complexity index is 848. The second-order valence-corrected chi connectivity index (χ2v) is 9.51. The summed E-state index contributed by atoms with van der Waals surface area (Å²) in [6, 6.07) is 18.4. The van der Waals surface area contributed by atoms with Crippen LogP contribution in [-0.2, 0) is 4.79 Å². The maximum atomic E-state index is 13.1. The molecule has 1 heterocycles. The molecule has 28 heavy (non-hydrogen) atoms. The van der Waals surface area contributed by atoms with Crippen LogP contribution in [0.25, 0.3) is 0 Å². The first-order valence-corrected chi connectivity index (χ1v) is 10.7. The molecule has 2 N–H and O–H groups in total. The molecule has 1 aliphatic heterocycles. The molecule has 1 amide bonds. The minimum Gasteiger partial charge on any atom is -0.492 e. The highest BCUT2D eigenvalue weighted by atomic mass is 32.3. The van der Waals surface area contributed by atoms with Gasteiger partial charge in [0.1, 0.15) is 23.3 Å². The Labute approximate surface area is 167 Å². The van der Waals surface area contributed by atoms with Crippen molar-refractivity contribution in [2.75, 3.05) is 13.2 Å². The van der Waals surface area contributed by atoms with Crippen LogP contribution in [0, 0.1) is 0 Å². The molecule has 1 unspecified atom stereocenters. The first-order chi connectivity index (χ1) is 13.2. The van der Waals surface area contributed by atoms with Gasteiger partial charge in [0.05, 0.1) is 12.1 Å². The van der Waals surface area contributed by atoms with Gasteiger partial charge in [-0.15, -0.1) is 10.8 Å². The van der Waals surface area contributed by atoms with Crippen molar-refractivity contribution in [1.82, 2.24) is 4.31 Å². The average molecular weight is 403 g/mol. The number of benzene rings is 2. The van der Waals surface area contributed by atoms with Crippen molar-refractivity contribution in [3.05, 3.63) is 66.2 Å². The van der Waals surface area contributed by atoms with Gasteiger partial charge in [-0.3, -0.25) is 18.9 Å². The Balaban J connectivity index is 1.88. The maximum Gasteiger partial charge on any atom is 0.288 e. The van der Waals surface area contributed by atoms with E-state index in [4.69, 9.17) is 4.74 Å². The number of carbonyl (C=O) groups excluding carboxylic acids is 1. The van der Waals surface area contributed by atoms with E-state index < -0.39 is 27.5 Å². The third-order valence-corrected chi connectivity index (χ3v) is 6.71.